The second-order valence-electron chi connectivity index (χ2n) is 10.7. The average Bonchev–Trinajstić information content (AvgIpc) is 2.85. The van der Waals surface area contributed by atoms with Gasteiger partial charge in [0.25, 0.3) is 0 Å². The molecule has 8 heteroatoms. The lowest BCUT2D eigenvalue weighted by atomic mass is 9.72. The van der Waals surface area contributed by atoms with E-state index in [2.05, 4.69) is 16.1 Å². The lowest BCUT2D eigenvalue weighted by molar-refractivity contribution is -0.0629. The van der Waals surface area contributed by atoms with Crippen LogP contribution in [0.25, 0.3) is 11.1 Å². The minimum atomic E-state index is -1.30. The number of methoxy groups -OCH3 is 1. The molecule has 1 fully saturated rings. The van der Waals surface area contributed by atoms with Crippen molar-refractivity contribution in [1.29, 1.82) is 0 Å². The first-order valence-electron chi connectivity index (χ1n) is 12.8. The highest BCUT2D eigenvalue weighted by Crippen LogP contribution is 2.45. The largest absolute Gasteiger partial charge is 0.453 e. The predicted molar refractivity (Wildman–Crippen MR) is 146 cm³/mol. The Hall–Kier alpha value is -2.77. The number of piperidine rings is 1. The molecule has 2 amide bonds. The van der Waals surface area contributed by atoms with Crippen molar-refractivity contribution in [2.75, 3.05) is 26.7 Å². The zero-order valence-electron chi connectivity index (χ0n) is 22.5. The van der Waals surface area contributed by atoms with E-state index in [0.29, 0.717) is 37.5 Å². The van der Waals surface area contributed by atoms with Gasteiger partial charge in [-0.3, -0.25) is 0 Å². The first-order valence-corrected chi connectivity index (χ1v) is 13.2. The molecule has 1 aliphatic heterocycles. The third kappa shape index (κ3) is 7.39. The summed E-state index contributed by atoms with van der Waals surface area (Å²) in [6.07, 6.45) is 1.46. The van der Waals surface area contributed by atoms with Crippen LogP contribution in [0, 0.1) is 12.8 Å². The van der Waals surface area contributed by atoms with Crippen molar-refractivity contribution in [3.05, 3.63) is 58.6 Å². The van der Waals surface area contributed by atoms with E-state index in [4.69, 9.17) is 16.3 Å². The SMILES string of the molecule is COC(=O)NCCC[C@@](O)(c1cccc(Cl)c1-c1cccc(C)c1)C1CCCN(C(=O)OC(C)(C)C)C1. The number of aliphatic hydroxyl groups is 1. The van der Waals surface area contributed by atoms with Gasteiger partial charge in [0, 0.05) is 36.1 Å². The molecule has 3 rings (SSSR count). The Morgan fingerprint density at radius 2 is 1.92 bits per heavy atom. The maximum Gasteiger partial charge on any atom is 0.410 e. The number of nitrogens with zero attached hydrogens (tertiary/aromatic N) is 1. The minimum absolute atomic E-state index is 0.256. The number of rotatable bonds is 7. The topological polar surface area (TPSA) is 88.1 Å². The molecule has 37 heavy (non-hydrogen) atoms. The van der Waals surface area contributed by atoms with Crippen molar-refractivity contribution in [1.82, 2.24) is 10.2 Å². The van der Waals surface area contributed by atoms with Crippen LogP contribution in [0.2, 0.25) is 5.02 Å². The second-order valence-corrected chi connectivity index (χ2v) is 11.2. The lowest BCUT2D eigenvalue weighted by Gasteiger charge is -2.43. The Kier molecular flexibility index (Phi) is 9.48. The molecule has 1 aliphatic rings. The van der Waals surface area contributed by atoms with E-state index in [1.165, 1.54) is 7.11 Å². The number of carbonyl (C=O) groups is 2. The molecule has 2 aromatic carbocycles. The highest BCUT2D eigenvalue weighted by atomic mass is 35.5. The summed E-state index contributed by atoms with van der Waals surface area (Å²) in [5.41, 5.74) is 1.60. The van der Waals surface area contributed by atoms with Crippen LogP contribution in [0.1, 0.15) is 57.6 Å². The maximum atomic E-state index is 12.9. The Labute approximate surface area is 225 Å². The number of carbonyl (C=O) groups excluding carboxylic acids is 2. The molecule has 2 N–H and O–H groups in total. The summed E-state index contributed by atoms with van der Waals surface area (Å²) in [4.78, 5) is 26.2. The highest BCUT2D eigenvalue weighted by Gasteiger charge is 2.43. The summed E-state index contributed by atoms with van der Waals surface area (Å²) in [5, 5.41) is 15.8. The van der Waals surface area contributed by atoms with Gasteiger partial charge in [-0.2, -0.15) is 0 Å². The van der Waals surface area contributed by atoms with Crippen LogP contribution < -0.4 is 5.32 Å². The zero-order valence-corrected chi connectivity index (χ0v) is 23.2. The van der Waals surface area contributed by atoms with E-state index in [-0.39, 0.29) is 12.0 Å². The van der Waals surface area contributed by atoms with Crippen molar-refractivity contribution < 1.29 is 24.2 Å². The van der Waals surface area contributed by atoms with Crippen molar-refractivity contribution >= 4 is 23.8 Å². The fraction of sp³-hybridized carbons (Fsp3) is 0.517. The average molecular weight is 531 g/mol. The first kappa shape index (κ1) is 28.8. The number of benzene rings is 2. The van der Waals surface area contributed by atoms with Crippen LogP contribution in [0.15, 0.2) is 42.5 Å². The summed E-state index contributed by atoms with van der Waals surface area (Å²) in [7, 11) is 1.32. The van der Waals surface area contributed by atoms with Crippen molar-refractivity contribution in [3.63, 3.8) is 0 Å². The van der Waals surface area contributed by atoms with E-state index in [9.17, 15) is 14.7 Å². The van der Waals surface area contributed by atoms with Gasteiger partial charge in [0.05, 0.1) is 12.7 Å². The third-order valence-corrected chi connectivity index (χ3v) is 7.04. The molecule has 7 nitrogen and oxygen atoms in total. The van der Waals surface area contributed by atoms with E-state index < -0.39 is 17.3 Å². The predicted octanol–water partition coefficient (Wildman–Crippen LogP) is 6.29. The molecule has 1 unspecified atom stereocenters. The fourth-order valence-corrected chi connectivity index (χ4v) is 5.30. The van der Waals surface area contributed by atoms with Crippen LogP contribution in [0.5, 0.6) is 0 Å². The Morgan fingerprint density at radius 1 is 1.19 bits per heavy atom. The van der Waals surface area contributed by atoms with Gasteiger partial charge in [0.15, 0.2) is 0 Å². The van der Waals surface area contributed by atoms with Gasteiger partial charge in [-0.1, -0.05) is 53.6 Å². The fourth-order valence-electron chi connectivity index (χ4n) is 5.02. The van der Waals surface area contributed by atoms with E-state index in [1.54, 1.807) is 4.90 Å². The van der Waals surface area contributed by atoms with Gasteiger partial charge in [0.2, 0.25) is 0 Å². The van der Waals surface area contributed by atoms with Gasteiger partial charge < -0.3 is 24.8 Å². The minimum Gasteiger partial charge on any atom is -0.453 e. The molecule has 0 aromatic heterocycles. The maximum absolute atomic E-state index is 12.9. The smallest absolute Gasteiger partial charge is 0.410 e. The number of hydrogen-bond acceptors (Lipinski definition) is 5. The first-order chi connectivity index (χ1) is 17.4. The Balaban J connectivity index is 2.00. The standard InChI is InChI=1S/C29H39ClN2O5/c1-20-10-6-11-21(18-20)25-23(13-7-14-24(25)30)29(35,15-9-16-31-26(33)36-5)22-12-8-17-32(19-22)27(34)37-28(2,3)4/h6-7,10-11,13-14,18,22,35H,8-9,12,15-17,19H2,1-5H3,(H,31,33)/t22?,29-/m0/s1. The normalized spacial score (nSPS) is 17.6. The summed E-state index contributed by atoms with van der Waals surface area (Å²) < 4.78 is 10.3. The molecule has 2 aromatic rings. The van der Waals surface area contributed by atoms with Gasteiger partial charge in [-0.05, 0) is 70.6 Å². The quantitative estimate of drug-likeness (QED) is 0.411. The van der Waals surface area contributed by atoms with Crippen molar-refractivity contribution in [2.45, 2.75) is 64.6 Å². The van der Waals surface area contributed by atoms with Crippen LogP contribution in [-0.2, 0) is 15.1 Å². The monoisotopic (exact) mass is 530 g/mol. The lowest BCUT2D eigenvalue weighted by Crippen LogP contribution is -2.49. The Morgan fingerprint density at radius 3 is 2.59 bits per heavy atom. The number of amides is 2. The van der Waals surface area contributed by atoms with Crippen LogP contribution in [0.3, 0.4) is 0 Å². The van der Waals surface area contributed by atoms with Crippen molar-refractivity contribution in [2.24, 2.45) is 5.92 Å². The van der Waals surface area contributed by atoms with E-state index in [1.807, 2.05) is 64.1 Å². The molecule has 1 saturated heterocycles. The molecule has 0 saturated carbocycles. The second kappa shape index (κ2) is 12.2. The van der Waals surface area contributed by atoms with E-state index in [0.717, 1.165) is 35.1 Å². The summed E-state index contributed by atoms with van der Waals surface area (Å²) >= 11 is 6.77. The Bertz CT molecular complexity index is 1100. The molecule has 0 spiro atoms. The van der Waals surface area contributed by atoms with Gasteiger partial charge in [-0.25, -0.2) is 9.59 Å². The molecule has 0 radical (unpaired) electrons. The zero-order chi connectivity index (χ0) is 27.2. The molecular weight excluding hydrogens is 492 g/mol. The van der Waals surface area contributed by atoms with Crippen LogP contribution >= 0.6 is 11.6 Å². The number of halogens is 1. The number of ether oxygens (including phenoxy) is 2. The number of alkyl carbamates (subject to hydrolysis) is 1. The molecule has 202 valence electrons. The molecule has 0 bridgehead atoms. The number of likely N-dealkylation sites (tertiary alicyclic amines) is 1. The third-order valence-electron chi connectivity index (χ3n) is 6.72. The summed E-state index contributed by atoms with van der Waals surface area (Å²) in [6, 6.07) is 13.6. The van der Waals surface area contributed by atoms with Gasteiger partial charge in [0.1, 0.15) is 5.60 Å². The van der Waals surface area contributed by atoms with Gasteiger partial charge >= 0.3 is 12.2 Å². The number of hydrogen-bond donors (Lipinski definition) is 2. The number of nitrogens with one attached hydrogen (secondary N) is 1. The highest BCUT2D eigenvalue weighted by molar-refractivity contribution is 6.33. The van der Waals surface area contributed by atoms with Crippen LogP contribution in [0.4, 0.5) is 9.59 Å². The summed E-state index contributed by atoms with van der Waals surface area (Å²) in [5.74, 6) is -0.256. The molecular formula is C29H39ClN2O5. The van der Waals surface area contributed by atoms with Gasteiger partial charge in [-0.15, -0.1) is 0 Å². The van der Waals surface area contributed by atoms with E-state index >= 15 is 0 Å². The van der Waals surface area contributed by atoms with Crippen molar-refractivity contribution in [3.8, 4) is 11.1 Å². The van der Waals surface area contributed by atoms with Crippen LogP contribution in [-0.4, -0.2) is 54.5 Å². The number of aryl methyl sites for hydroxylation is 1. The molecule has 2 atom stereocenters. The summed E-state index contributed by atoms with van der Waals surface area (Å²) in [6.45, 7) is 8.83. The molecule has 1 heterocycles. The molecule has 0 aliphatic carbocycles.